The van der Waals surface area contributed by atoms with Crippen molar-refractivity contribution < 1.29 is 29.3 Å². The number of amides is 1. The van der Waals surface area contributed by atoms with Crippen LogP contribution in [0.5, 0.6) is 0 Å². The molecule has 2 atom stereocenters. The average molecular weight is 339 g/mol. The molecule has 0 aromatic carbocycles. The zero-order valence-corrected chi connectivity index (χ0v) is 12.8. The van der Waals surface area contributed by atoms with Crippen molar-refractivity contribution in [3.63, 3.8) is 0 Å². The van der Waals surface area contributed by atoms with Gasteiger partial charge in [0.25, 0.3) is 0 Å². The molecule has 0 unspecified atom stereocenters. The predicted octanol–water partition coefficient (Wildman–Crippen LogP) is -0.320. The summed E-state index contributed by atoms with van der Waals surface area (Å²) >= 11 is 1.18. The van der Waals surface area contributed by atoms with Crippen LogP contribution in [0.3, 0.4) is 0 Å². The van der Waals surface area contributed by atoms with Crippen LogP contribution >= 0.6 is 11.8 Å². The largest absolute Gasteiger partial charge is 0.476 e. The van der Waals surface area contributed by atoms with Crippen molar-refractivity contribution in [2.75, 3.05) is 6.61 Å². The maximum Gasteiger partial charge on any atom is 0.355 e. The molecule has 9 nitrogen and oxygen atoms in total. The number of aliphatic carboxylic acids is 1. The number of imidazole rings is 1. The number of esters is 1. The third-order valence-electron chi connectivity index (χ3n) is 3.52. The van der Waals surface area contributed by atoms with Gasteiger partial charge in [-0.3, -0.25) is 19.1 Å². The first-order valence-electron chi connectivity index (χ1n) is 6.68. The highest BCUT2D eigenvalue weighted by Crippen LogP contribution is 2.50. The van der Waals surface area contributed by atoms with Crippen molar-refractivity contribution in [3.05, 3.63) is 23.9 Å². The van der Waals surface area contributed by atoms with Gasteiger partial charge >= 0.3 is 11.9 Å². The van der Waals surface area contributed by atoms with Gasteiger partial charge in [0.15, 0.2) is 5.70 Å². The smallest absolute Gasteiger partial charge is 0.355 e. The minimum absolute atomic E-state index is 0.0198. The monoisotopic (exact) mass is 339 g/mol. The third-order valence-corrected chi connectivity index (χ3v) is 4.93. The van der Waals surface area contributed by atoms with E-state index in [4.69, 9.17) is 4.74 Å². The topological polar surface area (TPSA) is 122 Å². The van der Waals surface area contributed by atoms with Gasteiger partial charge in [-0.25, -0.2) is 9.78 Å². The number of aliphatic hydroxyl groups excluding tert-OH is 1. The Balaban J connectivity index is 1.88. The first-order valence-corrected chi connectivity index (χ1v) is 7.56. The summed E-state index contributed by atoms with van der Waals surface area (Å²) in [5.74, 6) is -2.68. The zero-order chi connectivity index (χ0) is 16.7. The fourth-order valence-corrected chi connectivity index (χ4v) is 3.87. The standard InChI is InChI=1S/C13H13N3O6S/c1-6(18)22-4-7-2-15(5-14-7)12-9(13(20)21)16-10(19)8(3-17)11(16)23-12/h2,5,8,11,17H,3-4H2,1H3,(H,20,21)/t8-,11+/m0/s1. The Morgan fingerprint density at radius 3 is 2.83 bits per heavy atom. The van der Waals surface area contributed by atoms with Crippen molar-refractivity contribution in [3.8, 4) is 0 Å². The number of nitrogens with zero attached hydrogens (tertiary/aromatic N) is 3. The van der Waals surface area contributed by atoms with Crippen LogP contribution in [-0.2, 0) is 25.7 Å². The maximum atomic E-state index is 11.9. The molecule has 2 aliphatic heterocycles. The molecule has 1 aromatic heterocycles. The summed E-state index contributed by atoms with van der Waals surface area (Å²) in [6.07, 6.45) is 2.94. The number of hydrogen-bond donors (Lipinski definition) is 2. The molecule has 3 heterocycles. The van der Waals surface area contributed by atoms with Crippen molar-refractivity contribution in [1.29, 1.82) is 0 Å². The lowest BCUT2D eigenvalue weighted by Gasteiger charge is -2.40. The van der Waals surface area contributed by atoms with Crippen LogP contribution in [0.25, 0.3) is 5.03 Å². The van der Waals surface area contributed by atoms with E-state index < -0.39 is 29.1 Å². The molecule has 10 heteroatoms. The Morgan fingerprint density at radius 1 is 1.48 bits per heavy atom. The Kier molecular flexibility index (Phi) is 3.86. The molecule has 1 saturated heterocycles. The van der Waals surface area contributed by atoms with Gasteiger partial charge in [0.1, 0.15) is 23.3 Å². The molecular weight excluding hydrogens is 326 g/mol. The van der Waals surface area contributed by atoms with Crippen molar-refractivity contribution >= 4 is 34.6 Å². The van der Waals surface area contributed by atoms with Gasteiger partial charge in [0, 0.05) is 13.1 Å². The lowest BCUT2D eigenvalue weighted by atomic mass is 9.98. The summed E-state index contributed by atoms with van der Waals surface area (Å²) in [4.78, 5) is 39.5. The number of aromatic nitrogens is 2. The van der Waals surface area contributed by atoms with E-state index in [-0.39, 0.29) is 18.9 Å². The fourth-order valence-electron chi connectivity index (χ4n) is 2.44. The second-order valence-corrected chi connectivity index (χ2v) is 6.12. The molecule has 1 fully saturated rings. The number of ether oxygens (including phenoxy) is 1. The number of rotatable bonds is 5. The molecule has 1 amide bonds. The van der Waals surface area contributed by atoms with Crippen LogP contribution in [0.4, 0.5) is 0 Å². The summed E-state index contributed by atoms with van der Waals surface area (Å²) < 4.78 is 6.31. The van der Waals surface area contributed by atoms with E-state index in [9.17, 15) is 24.6 Å². The number of hydrogen-bond acceptors (Lipinski definition) is 7. The highest BCUT2D eigenvalue weighted by molar-refractivity contribution is 8.08. The van der Waals surface area contributed by atoms with Gasteiger partial charge in [-0.1, -0.05) is 11.8 Å². The second kappa shape index (κ2) is 5.70. The van der Waals surface area contributed by atoms with Crippen molar-refractivity contribution in [2.45, 2.75) is 18.9 Å². The number of carbonyl (C=O) groups excluding carboxylic acids is 2. The van der Waals surface area contributed by atoms with E-state index in [2.05, 4.69) is 4.98 Å². The molecular formula is C13H13N3O6S. The van der Waals surface area contributed by atoms with Crippen molar-refractivity contribution in [2.24, 2.45) is 5.92 Å². The molecule has 0 aliphatic carbocycles. The lowest BCUT2D eigenvalue weighted by Crippen LogP contribution is -2.58. The van der Waals surface area contributed by atoms with Crippen LogP contribution in [-0.4, -0.2) is 54.5 Å². The van der Waals surface area contributed by atoms with E-state index >= 15 is 0 Å². The van der Waals surface area contributed by atoms with Gasteiger partial charge in [0.05, 0.1) is 18.2 Å². The molecule has 3 rings (SSSR count). The van der Waals surface area contributed by atoms with Crippen LogP contribution in [0.1, 0.15) is 12.6 Å². The lowest BCUT2D eigenvalue weighted by molar-refractivity contribution is -0.153. The summed E-state index contributed by atoms with van der Waals surface area (Å²) in [7, 11) is 0. The Hall–Kier alpha value is -2.33. The first-order chi connectivity index (χ1) is 10.9. The molecule has 122 valence electrons. The number of aliphatic hydroxyl groups is 1. The number of carbonyl (C=O) groups is 3. The number of carboxylic acid groups (broad SMARTS) is 1. The van der Waals surface area contributed by atoms with E-state index in [1.165, 1.54) is 34.5 Å². The summed E-state index contributed by atoms with van der Waals surface area (Å²) in [6, 6.07) is 0. The van der Waals surface area contributed by atoms with Crippen LogP contribution in [0, 0.1) is 5.92 Å². The maximum absolute atomic E-state index is 11.9. The van der Waals surface area contributed by atoms with Gasteiger partial charge in [-0.15, -0.1) is 0 Å². The van der Waals surface area contributed by atoms with E-state index in [0.717, 1.165) is 0 Å². The molecule has 0 spiro atoms. The molecule has 0 saturated carbocycles. The van der Waals surface area contributed by atoms with Gasteiger partial charge in [0.2, 0.25) is 5.91 Å². The summed E-state index contributed by atoms with van der Waals surface area (Å²) in [6.45, 7) is 0.934. The van der Waals surface area contributed by atoms with Gasteiger partial charge in [-0.05, 0) is 0 Å². The molecule has 0 radical (unpaired) electrons. The third kappa shape index (κ3) is 2.49. The minimum Gasteiger partial charge on any atom is -0.476 e. The van der Waals surface area contributed by atoms with E-state index in [0.29, 0.717) is 10.7 Å². The van der Waals surface area contributed by atoms with Crippen LogP contribution < -0.4 is 0 Å². The highest BCUT2D eigenvalue weighted by atomic mass is 32.2. The minimum atomic E-state index is -1.23. The molecule has 2 aliphatic rings. The molecule has 1 aromatic rings. The number of carboxylic acids is 1. The summed E-state index contributed by atoms with van der Waals surface area (Å²) in [5.41, 5.74) is 0.323. The SMILES string of the molecule is CC(=O)OCc1cn(C2=C(C(=O)O)N3C(=O)[C@H](CO)[C@H]3S2)cn1. The Labute approximate surface area is 134 Å². The molecule has 23 heavy (non-hydrogen) atoms. The van der Waals surface area contributed by atoms with Crippen LogP contribution in [0.15, 0.2) is 18.2 Å². The molecule has 2 N–H and O–H groups in total. The second-order valence-electron chi connectivity index (χ2n) is 5.02. The highest BCUT2D eigenvalue weighted by Gasteiger charge is 2.56. The van der Waals surface area contributed by atoms with E-state index in [1.807, 2.05) is 0 Å². The normalized spacial score (nSPS) is 22.9. The van der Waals surface area contributed by atoms with Gasteiger partial charge < -0.3 is 14.9 Å². The van der Waals surface area contributed by atoms with Crippen molar-refractivity contribution in [1.82, 2.24) is 14.5 Å². The Bertz CT molecular complexity index is 727. The number of thioether (sulfide) groups is 1. The fraction of sp³-hybridized carbons (Fsp3) is 0.385. The quantitative estimate of drug-likeness (QED) is 0.553. The first kappa shape index (κ1) is 15.6. The zero-order valence-electron chi connectivity index (χ0n) is 12.0. The number of β-lactam (4-membered cyclic amide) rings is 1. The summed E-state index contributed by atoms with van der Waals surface area (Å²) in [5, 5.41) is 18.5. The molecule has 0 bridgehead atoms. The average Bonchev–Trinajstić information content (AvgIpc) is 3.07. The Morgan fingerprint density at radius 2 is 2.22 bits per heavy atom. The van der Waals surface area contributed by atoms with E-state index in [1.54, 1.807) is 6.20 Å². The van der Waals surface area contributed by atoms with Gasteiger partial charge in [-0.2, -0.15) is 0 Å². The number of fused-ring (bicyclic) bond motifs is 1. The predicted molar refractivity (Wildman–Crippen MR) is 77.3 cm³/mol. The van der Waals surface area contributed by atoms with Crippen LogP contribution in [0.2, 0.25) is 0 Å².